The van der Waals surface area contributed by atoms with E-state index in [-0.39, 0.29) is 18.5 Å². The number of para-hydroxylation sites is 1. The van der Waals surface area contributed by atoms with Gasteiger partial charge in [0, 0.05) is 17.2 Å². The quantitative estimate of drug-likeness (QED) is 0.530. The van der Waals surface area contributed by atoms with Crippen molar-refractivity contribution in [1.82, 2.24) is 9.80 Å². The van der Waals surface area contributed by atoms with Gasteiger partial charge in [0.05, 0.1) is 11.7 Å². The molecule has 160 valence electrons. The van der Waals surface area contributed by atoms with Crippen LogP contribution in [0, 0.1) is 5.92 Å². The van der Waals surface area contributed by atoms with Gasteiger partial charge in [-0.05, 0) is 23.6 Å². The summed E-state index contributed by atoms with van der Waals surface area (Å²) in [6.07, 6.45) is 0. The summed E-state index contributed by atoms with van der Waals surface area (Å²) in [5, 5.41) is 0. The number of fused-ring (bicyclic) bond motifs is 1. The average molecular weight is 438 g/mol. The summed E-state index contributed by atoms with van der Waals surface area (Å²) in [5.74, 6) is -1.56. The van der Waals surface area contributed by atoms with Gasteiger partial charge in [0.2, 0.25) is 5.91 Å². The first-order chi connectivity index (χ1) is 14.9. The van der Waals surface area contributed by atoms with Crippen LogP contribution in [0.5, 0.6) is 0 Å². The zero-order valence-corrected chi connectivity index (χ0v) is 18.2. The van der Waals surface area contributed by atoms with Gasteiger partial charge in [-0.25, -0.2) is 9.69 Å². The Bertz CT molecular complexity index is 1040. The Labute approximate surface area is 185 Å². The van der Waals surface area contributed by atoms with Crippen LogP contribution in [0.1, 0.15) is 25.5 Å². The fourth-order valence-electron chi connectivity index (χ4n) is 3.85. The molecule has 0 aromatic heterocycles. The summed E-state index contributed by atoms with van der Waals surface area (Å²) in [6.45, 7) is 3.38. The van der Waals surface area contributed by atoms with Crippen LogP contribution in [-0.4, -0.2) is 52.4 Å². The van der Waals surface area contributed by atoms with E-state index < -0.39 is 30.3 Å². The highest BCUT2D eigenvalue weighted by molar-refractivity contribution is 7.99. The van der Waals surface area contributed by atoms with Gasteiger partial charge >= 0.3 is 17.8 Å². The summed E-state index contributed by atoms with van der Waals surface area (Å²) in [7, 11) is 0. The molecule has 2 aromatic rings. The number of thioether (sulfide) groups is 1. The third kappa shape index (κ3) is 3.95. The summed E-state index contributed by atoms with van der Waals surface area (Å²) in [5.41, 5.74) is 1.71. The Hall–Kier alpha value is -3.13. The molecule has 2 aliphatic heterocycles. The molecule has 0 N–H and O–H groups in total. The first-order valence-electron chi connectivity index (χ1n) is 10.1. The van der Waals surface area contributed by atoms with Gasteiger partial charge in [0.15, 0.2) is 0 Å². The molecule has 0 aliphatic carbocycles. The number of rotatable bonds is 5. The van der Waals surface area contributed by atoms with Crippen LogP contribution in [0.25, 0.3) is 0 Å². The van der Waals surface area contributed by atoms with Crippen LogP contribution >= 0.6 is 11.8 Å². The van der Waals surface area contributed by atoms with Gasteiger partial charge in [0.1, 0.15) is 6.54 Å². The van der Waals surface area contributed by atoms with Crippen molar-refractivity contribution in [3.8, 4) is 0 Å². The fourth-order valence-corrected chi connectivity index (χ4v) is 5.01. The molecule has 0 saturated carbocycles. The number of carbonyl (C=O) groups is 4. The fraction of sp³-hybridized carbons (Fsp3) is 0.304. The number of urea groups is 1. The maximum absolute atomic E-state index is 13.5. The topological polar surface area (TPSA) is 78.0 Å². The van der Waals surface area contributed by atoms with Crippen molar-refractivity contribution >= 4 is 41.2 Å². The second-order valence-electron chi connectivity index (χ2n) is 7.95. The number of carbonyl (C=O) groups excluding carboxylic acids is 4. The molecular formula is C23H23N3O4S. The van der Waals surface area contributed by atoms with E-state index in [2.05, 4.69) is 0 Å². The Balaban J connectivity index is 1.64. The Kier molecular flexibility index (Phi) is 5.82. The number of anilines is 1. The molecule has 2 aliphatic rings. The lowest BCUT2D eigenvalue weighted by molar-refractivity contribution is -0.144. The number of hydrogen-bond acceptors (Lipinski definition) is 5. The highest BCUT2D eigenvalue weighted by atomic mass is 32.2. The largest absolute Gasteiger partial charge is 0.334 e. The Morgan fingerprint density at radius 1 is 0.968 bits per heavy atom. The van der Waals surface area contributed by atoms with Crippen LogP contribution in [0.15, 0.2) is 59.5 Å². The molecule has 1 fully saturated rings. The predicted molar refractivity (Wildman–Crippen MR) is 117 cm³/mol. The van der Waals surface area contributed by atoms with Crippen LogP contribution < -0.4 is 4.90 Å². The number of amides is 5. The molecule has 1 saturated heterocycles. The van der Waals surface area contributed by atoms with Gasteiger partial charge in [-0.15, -0.1) is 11.8 Å². The smallest absolute Gasteiger partial charge is 0.301 e. The average Bonchev–Trinajstić information content (AvgIpc) is 2.96. The van der Waals surface area contributed by atoms with E-state index in [1.54, 1.807) is 16.7 Å². The highest BCUT2D eigenvalue weighted by Gasteiger charge is 2.46. The minimum Gasteiger partial charge on any atom is -0.301 e. The maximum atomic E-state index is 13.5. The zero-order chi connectivity index (χ0) is 22.1. The molecule has 31 heavy (non-hydrogen) atoms. The Morgan fingerprint density at radius 2 is 1.61 bits per heavy atom. The lowest BCUT2D eigenvalue weighted by Gasteiger charge is -2.37. The van der Waals surface area contributed by atoms with Crippen molar-refractivity contribution in [1.29, 1.82) is 0 Å². The first-order valence-corrected chi connectivity index (χ1v) is 11.1. The van der Waals surface area contributed by atoms with Gasteiger partial charge in [-0.1, -0.05) is 56.3 Å². The van der Waals surface area contributed by atoms with E-state index in [4.69, 9.17) is 0 Å². The summed E-state index contributed by atoms with van der Waals surface area (Å²) in [4.78, 5) is 55.2. The first kappa shape index (κ1) is 21.1. The zero-order valence-electron chi connectivity index (χ0n) is 17.4. The number of hydrogen-bond donors (Lipinski definition) is 0. The van der Waals surface area contributed by atoms with Gasteiger partial charge in [-0.3, -0.25) is 19.3 Å². The lowest BCUT2D eigenvalue weighted by Crippen LogP contribution is -2.46. The molecule has 0 spiro atoms. The molecule has 0 unspecified atom stereocenters. The van der Waals surface area contributed by atoms with Crippen molar-refractivity contribution in [3.63, 3.8) is 0 Å². The van der Waals surface area contributed by atoms with Gasteiger partial charge in [0.25, 0.3) is 0 Å². The number of nitrogens with zero attached hydrogens (tertiary/aromatic N) is 3. The number of benzene rings is 2. The molecule has 2 aromatic carbocycles. The van der Waals surface area contributed by atoms with Crippen LogP contribution in [-0.2, 0) is 14.4 Å². The lowest BCUT2D eigenvalue weighted by atomic mass is 10.1. The van der Waals surface area contributed by atoms with Crippen molar-refractivity contribution < 1.29 is 19.2 Å². The Morgan fingerprint density at radius 3 is 2.32 bits per heavy atom. The molecule has 0 radical (unpaired) electrons. The van der Waals surface area contributed by atoms with Crippen molar-refractivity contribution in [3.05, 3.63) is 60.2 Å². The molecule has 7 nitrogen and oxygen atoms in total. The normalized spacial score (nSPS) is 18.7. The second-order valence-corrected chi connectivity index (χ2v) is 9.01. The number of imide groups is 2. The minimum absolute atomic E-state index is 0.0183. The molecule has 0 bridgehead atoms. The van der Waals surface area contributed by atoms with E-state index in [1.807, 2.05) is 68.4 Å². The summed E-state index contributed by atoms with van der Waals surface area (Å²) >= 11 is 1.66. The summed E-state index contributed by atoms with van der Waals surface area (Å²) < 4.78 is 0. The molecule has 2 heterocycles. The van der Waals surface area contributed by atoms with Crippen molar-refractivity contribution in [2.75, 3.05) is 23.7 Å². The second kappa shape index (κ2) is 8.55. The van der Waals surface area contributed by atoms with Crippen molar-refractivity contribution in [2.24, 2.45) is 5.92 Å². The van der Waals surface area contributed by atoms with E-state index in [0.29, 0.717) is 5.75 Å². The standard InChI is InChI=1S/C23H23N3O4S/c1-15(2)12-24-21(28)22(29)25(23(24)30)13-20(27)26-17-10-6-7-11-19(17)31-14-18(26)16-8-4-3-5-9-16/h3-11,15,18H,12-14H2,1-2H3/t18-/m0/s1. The highest BCUT2D eigenvalue weighted by Crippen LogP contribution is 2.43. The third-order valence-electron chi connectivity index (χ3n) is 5.26. The van der Waals surface area contributed by atoms with Gasteiger partial charge in [-0.2, -0.15) is 0 Å². The predicted octanol–water partition coefficient (Wildman–Crippen LogP) is 3.31. The molecule has 5 amide bonds. The molecule has 4 rings (SSSR count). The van der Waals surface area contributed by atoms with Crippen LogP contribution in [0.2, 0.25) is 0 Å². The SMILES string of the molecule is CC(C)CN1C(=O)C(=O)N(CC(=O)N2c3ccccc3SC[C@H]2c2ccccc2)C1=O. The maximum Gasteiger partial charge on any atom is 0.334 e. The third-order valence-corrected chi connectivity index (χ3v) is 6.40. The van der Waals surface area contributed by atoms with Crippen LogP contribution in [0.3, 0.4) is 0 Å². The molecular weight excluding hydrogens is 414 g/mol. The minimum atomic E-state index is -0.949. The monoisotopic (exact) mass is 437 g/mol. The van der Waals surface area contributed by atoms with E-state index in [0.717, 1.165) is 25.9 Å². The molecule has 8 heteroatoms. The summed E-state index contributed by atoms with van der Waals surface area (Å²) in [6, 6.07) is 16.3. The van der Waals surface area contributed by atoms with Gasteiger partial charge < -0.3 is 4.90 Å². The van der Waals surface area contributed by atoms with Crippen LogP contribution in [0.4, 0.5) is 10.5 Å². The van der Waals surface area contributed by atoms with E-state index in [9.17, 15) is 19.2 Å². The van der Waals surface area contributed by atoms with E-state index >= 15 is 0 Å². The van der Waals surface area contributed by atoms with Crippen molar-refractivity contribution in [2.45, 2.75) is 24.8 Å². The molecule has 1 atom stereocenters. The van der Waals surface area contributed by atoms with E-state index in [1.165, 1.54) is 0 Å².